The van der Waals surface area contributed by atoms with Crippen molar-refractivity contribution in [1.29, 1.82) is 1.43 Å². The minimum absolute atomic E-state index is 0.981. The molecule has 0 aliphatic rings. The van der Waals surface area contributed by atoms with Gasteiger partial charge in [0.05, 0.1) is 5.03 Å². The molecule has 0 atom stereocenters. The van der Waals surface area contributed by atoms with Crippen LogP contribution in [-0.2, 0) is 0 Å². The predicted octanol–water partition coefficient (Wildman–Crippen LogP) is 8.07. The van der Waals surface area contributed by atoms with Gasteiger partial charge in [0.1, 0.15) is 18.0 Å². The summed E-state index contributed by atoms with van der Waals surface area (Å²) in [4.78, 5) is 6.67. The first-order valence-electron chi connectivity index (χ1n) is 10.6. The summed E-state index contributed by atoms with van der Waals surface area (Å²) in [7, 11) is 0. The van der Waals surface area contributed by atoms with Crippen LogP contribution in [0.1, 0.15) is 0 Å². The summed E-state index contributed by atoms with van der Waals surface area (Å²) in [5, 5.41) is 0.981. The number of rotatable bonds is 8. The smallest absolute Gasteiger partial charge is 0.230 e. The van der Waals surface area contributed by atoms with Crippen molar-refractivity contribution in [3.63, 3.8) is 0 Å². The first kappa shape index (κ1) is 19.4. The van der Waals surface area contributed by atoms with Gasteiger partial charge in [0.2, 0.25) is 1.43 Å². The molecular weight excluding hydrogens is 434 g/mol. The highest BCUT2D eigenvalue weighted by Crippen LogP contribution is 2.40. The lowest BCUT2D eigenvalue weighted by Crippen LogP contribution is -2.10. The van der Waals surface area contributed by atoms with Crippen LogP contribution in [0, 0.1) is 0 Å². The lowest BCUT2D eigenvalue weighted by molar-refractivity contribution is 0.652. The molecule has 2 heterocycles. The van der Waals surface area contributed by atoms with Crippen molar-refractivity contribution in [3.05, 3.63) is 116 Å². The molecule has 0 bridgehead atoms. The highest BCUT2D eigenvalue weighted by Gasteiger charge is 2.16. The molecule has 0 aliphatic heterocycles. The van der Waals surface area contributed by atoms with Crippen molar-refractivity contribution >= 4 is 41.2 Å². The van der Waals surface area contributed by atoms with Crippen molar-refractivity contribution in [1.82, 2.24) is 8.96 Å². The van der Waals surface area contributed by atoms with E-state index in [2.05, 4.69) is 75.1 Å². The van der Waals surface area contributed by atoms with E-state index in [4.69, 9.17) is 1.43 Å². The molecule has 0 spiro atoms. The van der Waals surface area contributed by atoms with Crippen LogP contribution >= 0.6 is 24.0 Å². The van der Waals surface area contributed by atoms with Gasteiger partial charge in [-0.15, -0.1) is 0 Å². The number of H-pyrrole nitrogens is 1. The number of hydrogen-bond donors (Lipinski definition) is 2. The summed E-state index contributed by atoms with van der Waals surface area (Å²) in [5.74, 6) is 0.990. The van der Waals surface area contributed by atoms with E-state index in [0.29, 0.717) is 0 Å². The highest BCUT2D eigenvalue weighted by molar-refractivity contribution is 8.00. The number of para-hydroxylation sites is 1. The Morgan fingerprint density at radius 2 is 1.59 bits per heavy atom. The fourth-order valence-electron chi connectivity index (χ4n) is 3.64. The maximum atomic E-state index is 7.09. The van der Waals surface area contributed by atoms with Crippen molar-refractivity contribution < 1.29 is 4.56 Å². The Morgan fingerprint density at radius 3 is 2.34 bits per heavy atom. The molecule has 0 radical (unpaired) electrons. The topological polar surface area (TPSA) is 44.2 Å². The third kappa shape index (κ3) is 4.34. The molecular formula is C26H21N3OS2. The van der Waals surface area contributed by atoms with Crippen LogP contribution in [0.3, 0.4) is 0 Å². The number of hydrogen-bond acceptors (Lipinski definition) is 4. The van der Waals surface area contributed by atoms with Crippen LogP contribution in [0.25, 0.3) is 12.6 Å². The Hall–Kier alpha value is -3.32. The maximum Gasteiger partial charge on any atom is 0.230 e. The van der Waals surface area contributed by atoms with Gasteiger partial charge >= 0.3 is 0 Å². The zero-order valence-corrected chi connectivity index (χ0v) is 18.7. The summed E-state index contributed by atoms with van der Waals surface area (Å²) in [5.41, 5.74) is 4.41. The van der Waals surface area contributed by atoms with Crippen LogP contribution in [0.2, 0.25) is 0 Å². The Labute approximate surface area is 197 Å². The lowest BCUT2D eigenvalue weighted by atomic mass is 10.0. The molecule has 5 aromatic rings. The predicted molar refractivity (Wildman–Crippen MR) is 135 cm³/mol. The second kappa shape index (κ2) is 9.44. The lowest BCUT2D eigenvalue weighted by Gasteiger charge is -2.25. The number of nitrogens with zero attached hydrogens (tertiary/aromatic N) is 2. The van der Waals surface area contributed by atoms with Crippen LogP contribution in [0.4, 0.5) is 17.2 Å². The summed E-state index contributed by atoms with van der Waals surface area (Å²) in [6.45, 7) is 0. The van der Waals surface area contributed by atoms with Gasteiger partial charge in [-0.3, -0.25) is 8.87 Å². The SMILES string of the molecule is [3H]OSn1cccc1Sc1cc(-c2ccccc2)cc(N(c2ccccc2)c2ccc[nH]2)c1. The van der Waals surface area contributed by atoms with E-state index in [1.54, 1.807) is 11.8 Å². The fraction of sp³-hybridized carbons (Fsp3) is 0. The van der Waals surface area contributed by atoms with Gasteiger partial charge in [-0.05, 0) is 65.7 Å². The van der Waals surface area contributed by atoms with Gasteiger partial charge in [0.25, 0.3) is 0 Å². The molecule has 0 amide bonds. The minimum Gasteiger partial charge on any atom is -0.348 e. The van der Waals surface area contributed by atoms with Gasteiger partial charge in [-0.1, -0.05) is 60.3 Å². The van der Waals surface area contributed by atoms with Gasteiger partial charge in [-0.25, -0.2) is 0 Å². The van der Waals surface area contributed by atoms with E-state index >= 15 is 0 Å². The molecule has 0 fully saturated rings. The van der Waals surface area contributed by atoms with E-state index in [9.17, 15) is 0 Å². The minimum atomic E-state index is 0.981. The number of benzene rings is 3. The molecule has 0 aliphatic carbocycles. The van der Waals surface area contributed by atoms with Gasteiger partial charge in [-0.2, -0.15) is 0 Å². The molecule has 0 saturated carbocycles. The van der Waals surface area contributed by atoms with E-state index in [1.165, 1.54) is 0 Å². The largest absolute Gasteiger partial charge is 0.348 e. The van der Waals surface area contributed by atoms with E-state index in [-0.39, 0.29) is 0 Å². The normalized spacial score (nSPS) is 11.3. The quantitative estimate of drug-likeness (QED) is 0.231. The molecule has 158 valence electrons. The highest BCUT2D eigenvalue weighted by atomic mass is 32.2. The molecule has 4 nitrogen and oxygen atoms in total. The molecule has 6 heteroatoms. The third-order valence-corrected chi connectivity index (χ3v) is 6.68. The average molecular weight is 458 g/mol. The standard InChI is InChI=1S/C26H21N3OS2/c30-32-28-16-8-14-26(28)31-24-18-21(20-9-3-1-4-10-20)17-23(19-24)29(25-13-7-15-27-25)22-11-5-2-6-12-22/h1-19,27,30H/i/hT. The molecule has 0 unspecified atom stereocenters. The van der Waals surface area contributed by atoms with Crippen molar-refractivity contribution in [2.24, 2.45) is 0 Å². The number of aromatic amines is 1. The van der Waals surface area contributed by atoms with Crippen LogP contribution in [-0.4, -0.2) is 13.5 Å². The molecule has 2 N–H and O–H groups in total. The van der Waals surface area contributed by atoms with Crippen molar-refractivity contribution in [2.45, 2.75) is 9.92 Å². The number of aromatic nitrogens is 2. The van der Waals surface area contributed by atoms with Crippen LogP contribution < -0.4 is 4.90 Å². The third-order valence-electron chi connectivity index (χ3n) is 5.07. The molecule has 3 aromatic carbocycles. The number of anilines is 3. The Balaban J connectivity index is 1.64. The zero-order valence-electron chi connectivity index (χ0n) is 18.1. The van der Waals surface area contributed by atoms with Crippen LogP contribution in [0.5, 0.6) is 0 Å². The number of nitrogens with one attached hydrogen (secondary N) is 1. The van der Waals surface area contributed by atoms with E-state index in [1.807, 2.05) is 58.8 Å². The zero-order chi connectivity index (χ0) is 22.5. The van der Waals surface area contributed by atoms with Crippen molar-refractivity contribution in [3.8, 4) is 11.1 Å². The second-order valence-corrected chi connectivity index (χ2v) is 8.79. The van der Waals surface area contributed by atoms with E-state index in [0.717, 1.165) is 50.5 Å². The Kier molecular flexibility index (Phi) is 5.72. The van der Waals surface area contributed by atoms with Crippen molar-refractivity contribution in [2.75, 3.05) is 4.90 Å². The van der Waals surface area contributed by atoms with Crippen LogP contribution in [0.15, 0.2) is 125 Å². The van der Waals surface area contributed by atoms with Gasteiger partial charge < -0.3 is 9.54 Å². The molecule has 32 heavy (non-hydrogen) atoms. The molecule has 2 aromatic heterocycles. The average Bonchev–Trinajstić information content (AvgIpc) is 3.54. The van der Waals surface area contributed by atoms with Gasteiger partial charge in [0, 0.05) is 28.7 Å². The summed E-state index contributed by atoms with van der Waals surface area (Å²) >= 11 is 2.62. The maximum absolute atomic E-state index is 7.09. The fourth-order valence-corrected chi connectivity index (χ4v) is 5.01. The molecule has 0 saturated heterocycles. The molecule has 5 rings (SSSR count). The Morgan fingerprint density at radius 1 is 0.781 bits per heavy atom. The summed E-state index contributed by atoms with van der Waals surface area (Å²) in [6.07, 6.45) is 3.83. The first-order chi connectivity index (χ1) is 16.3. The summed E-state index contributed by atoms with van der Waals surface area (Å²) in [6, 6.07) is 35.4. The Bertz CT molecular complexity index is 1310. The van der Waals surface area contributed by atoms with E-state index < -0.39 is 0 Å². The second-order valence-electron chi connectivity index (χ2n) is 7.16. The monoisotopic (exact) mass is 457 g/mol. The van der Waals surface area contributed by atoms with Gasteiger partial charge in [0.15, 0.2) is 0 Å². The summed E-state index contributed by atoms with van der Waals surface area (Å²) < 4.78 is 13.5. The first-order valence-corrected chi connectivity index (χ1v) is 11.7.